The highest BCUT2D eigenvalue weighted by molar-refractivity contribution is 7.90. The molecule has 0 aliphatic heterocycles. The van der Waals surface area contributed by atoms with E-state index in [0.717, 1.165) is 16.7 Å². The summed E-state index contributed by atoms with van der Waals surface area (Å²) in [5, 5.41) is 4.29. The SMILES string of the molecule is CCc1c(C(=O)NS(=O)(=O)c2ccc(C)c(C)c2)cnn1Cc1ccccc1. The first-order valence-electron chi connectivity index (χ1n) is 9.05. The zero-order valence-corrected chi connectivity index (χ0v) is 17.0. The molecule has 0 fully saturated rings. The number of carbonyl (C=O) groups is 1. The zero-order valence-electron chi connectivity index (χ0n) is 16.1. The standard InChI is InChI=1S/C21H23N3O3S/c1-4-20-19(13-22-24(20)14-17-8-6-5-7-9-17)21(25)23-28(26,27)18-11-10-15(2)16(3)12-18/h5-13H,4,14H2,1-3H3,(H,23,25). The average molecular weight is 398 g/mol. The van der Waals surface area contributed by atoms with Gasteiger partial charge in [-0.3, -0.25) is 9.48 Å². The van der Waals surface area contributed by atoms with Crippen LogP contribution in [0.3, 0.4) is 0 Å². The van der Waals surface area contributed by atoms with Crippen LogP contribution in [0.5, 0.6) is 0 Å². The molecule has 7 heteroatoms. The second-order valence-electron chi connectivity index (χ2n) is 6.68. The largest absolute Gasteiger partial charge is 0.268 e. The Balaban J connectivity index is 1.85. The number of aromatic nitrogens is 2. The quantitative estimate of drug-likeness (QED) is 0.692. The fraction of sp³-hybridized carbons (Fsp3) is 0.238. The number of sulfonamides is 1. The molecular weight excluding hydrogens is 374 g/mol. The van der Waals surface area contributed by atoms with Crippen molar-refractivity contribution in [2.24, 2.45) is 0 Å². The number of benzene rings is 2. The Hall–Kier alpha value is -2.93. The van der Waals surface area contributed by atoms with Crippen molar-refractivity contribution in [2.75, 3.05) is 0 Å². The highest BCUT2D eigenvalue weighted by atomic mass is 32.2. The molecule has 3 aromatic rings. The third-order valence-corrected chi connectivity index (χ3v) is 6.05. The van der Waals surface area contributed by atoms with Crippen LogP contribution < -0.4 is 4.72 Å². The second-order valence-corrected chi connectivity index (χ2v) is 8.36. The maximum absolute atomic E-state index is 12.7. The van der Waals surface area contributed by atoms with E-state index in [0.29, 0.717) is 18.7 Å². The van der Waals surface area contributed by atoms with Crippen LogP contribution in [0.4, 0.5) is 0 Å². The van der Waals surface area contributed by atoms with E-state index in [1.54, 1.807) is 16.8 Å². The second kappa shape index (κ2) is 7.98. The molecule has 2 aromatic carbocycles. The van der Waals surface area contributed by atoms with E-state index in [-0.39, 0.29) is 10.5 Å². The van der Waals surface area contributed by atoms with Gasteiger partial charge in [0.2, 0.25) is 0 Å². The molecule has 0 aliphatic rings. The summed E-state index contributed by atoms with van der Waals surface area (Å²) >= 11 is 0. The predicted molar refractivity (Wildman–Crippen MR) is 108 cm³/mol. The van der Waals surface area contributed by atoms with Gasteiger partial charge in [0.25, 0.3) is 15.9 Å². The number of hydrogen-bond acceptors (Lipinski definition) is 4. The van der Waals surface area contributed by atoms with Crippen molar-refractivity contribution < 1.29 is 13.2 Å². The lowest BCUT2D eigenvalue weighted by Crippen LogP contribution is -2.31. The van der Waals surface area contributed by atoms with Crippen molar-refractivity contribution in [1.29, 1.82) is 0 Å². The third-order valence-electron chi connectivity index (χ3n) is 4.72. The number of nitrogens with zero attached hydrogens (tertiary/aromatic N) is 2. The molecule has 0 radical (unpaired) electrons. The molecule has 1 amide bonds. The van der Waals surface area contributed by atoms with Gasteiger partial charge in [0.05, 0.1) is 28.9 Å². The lowest BCUT2D eigenvalue weighted by atomic mass is 10.1. The molecule has 0 spiro atoms. The molecule has 146 valence electrons. The average Bonchev–Trinajstić information content (AvgIpc) is 3.07. The topological polar surface area (TPSA) is 81.1 Å². The van der Waals surface area contributed by atoms with Crippen molar-refractivity contribution >= 4 is 15.9 Å². The molecule has 28 heavy (non-hydrogen) atoms. The molecule has 0 saturated heterocycles. The van der Waals surface area contributed by atoms with E-state index in [9.17, 15) is 13.2 Å². The number of amides is 1. The maximum atomic E-state index is 12.7. The van der Waals surface area contributed by atoms with Crippen LogP contribution in [-0.2, 0) is 23.0 Å². The monoisotopic (exact) mass is 397 g/mol. The zero-order chi connectivity index (χ0) is 20.3. The van der Waals surface area contributed by atoms with Crippen LogP contribution in [0, 0.1) is 13.8 Å². The van der Waals surface area contributed by atoms with E-state index in [2.05, 4.69) is 9.82 Å². The van der Waals surface area contributed by atoms with Gasteiger partial charge in [-0.1, -0.05) is 43.3 Å². The molecule has 0 saturated carbocycles. The minimum atomic E-state index is -3.96. The fourth-order valence-corrected chi connectivity index (χ4v) is 4.03. The number of nitrogens with one attached hydrogen (secondary N) is 1. The van der Waals surface area contributed by atoms with E-state index in [4.69, 9.17) is 0 Å². The van der Waals surface area contributed by atoms with E-state index < -0.39 is 15.9 Å². The summed E-state index contributed by atoms with van der Waals surface area (Å²) in [6.45, 7) is 6.16. The van der Waals surface area contributed by atoms with Gasteiger partial charge >= 0.3 is 0 Å². The van der Waals surface area contributed by atoms with Gasteiger partial charge in [-0.05, 0) is 49.1 Å². The summed E-state index contributed by atoms with van der Waals surface area (Å²) in [6.07, 6.45) is 1.98. The molecule has 1 heterocycles. The van der Waals surface area contributed by atoms with Crippen molar-refractivity contribution in [3.05, 3.63) is 82.7 Å². The molecule has 0 unspecified atom stereocenters. The Morgan fingerprint density at radius 1 is 1.07 bits per heavy atom. The summed E-state index contributed by atoms with van der Waals surface area (Å²) in [5.41, 5.74) is 3.85. The summed E-state index contributed by atoms with van der Waals surface area (Å²) in [7, 11) is -3.96. The van der Waals surface area contributed by atoms with Crippen LogP contribution >= 0.6 is 0 Å². The first kappa shape index (κ1) is 19.8. The summed E-state index contributed by atoms with van der Waals surface area (Å²) < 4.78 is 29.1. The van der Waals surface area contributed by atoms with Crippen molar-refractivity contribution in [3.63, 3.8) is 0 Å². The van der Waals surface area contributed by atoms with E-state index in [1.807, 2.05) is 51.1 Å². The Labute approximate surface area is 165 Å². The van der Waals surface area contributed by atoms with Gasteiger partial charge < -0.3 is 0 Å². The van der Waals surface area contributed by atoms with Gasteiger partial charge in [-0.15, -0.1) is 0 Å². The molecule has 0 aliphatic carbocycles. The number of hydrogen-bond donors (Lipinski definition) is 1. The molecular formula is C21H23N3O3S. The minimum Gasteiger partial charge on any atom is -0.268 e. The summed E-state index contributed by atoms with van der Waals surface area (Å²) in [4.78, 5) is 12.8. The molecule has 0 bridgehead atoms. The Bertz CT molecular complexity index is 1100. The molecule has 1 aromatic heterocycles. The first-order valence-corrected chi connectivity index (χ1v) is 10.5. The number of carbonyl (C=O) groups excluding carboxylic acids is 1. The Kier molecular flexibility index (Phi) is 5.65. The van der Waals surface area contributed by atoms with Gasteiger partial charge in [-0.25, -0.2) is 13.1 Å². The molecule has 3 rings (SSSR count). The van der Waals surface area contributed by atoms with Crippen molar-refractivity contribution in [1.82, 2.24) is 14.5 Å². The van der Waals surface area contributed by atoms with E-state index >= 15 is 0 Å². The number of rotatable bonds is 6. The van der Waals surface area contributed by atoms with Gasteiger partial charge in [0, 0.05) is 0 Å². The van der Waals surface area contributed by atoms with Gasteiger partial charge in [0.1, 0.15) is 0 Å². The predicted octanol–water partition coefficient (Wildman–Crippen LogP) is 3.23. The fourth-order valence-electron chi connectivity index (χ4n) is 2.98. The van der Waals surface area contributed by atoms with Crippen LogP contribution in [0.2, 0.25) is 0 Å². The summed E-state index contributed by atoms with van der Waals surface area (Å²) in [5.74, 6) is -0.672. The van der Waals surface area contributed by atoms with Crippen molar-refractivity contribution in [3.8, 4) is 0 Å². The van der Waals surface area contributed by atoms with Crippen LogP contribution in [0.15, 0.2) is 59.6 Å². The first-order chi connectivity index (χ1) is 13.3. The van der Waals surface area contributed by atoms with Crippen molar-refractivity contribution in [2.45, 2.75) is 38.6 Å². The molecule has 1 N–H and O–H groups in total. The highest BCUT2D eigenvalue weighted by Crippen LogP contribution is 2.17. The Morgan fingerprint density at radius 2 is 1.79 bits per heavy atom. The van der Waals surface area contributed by atoms with E-state index in [1.165, 1.54) is 12.3 Å². The number of aryl methyl sites for hydroxylation is 2. The molecule has 6 nitrogen and oxygen atoms in total. The van der Waals surface area contributed by atoms with Gasteiger partial charge in [-0.2, -0.15) is 5.10 Å². The maximum Gasteiger partial charge on any atom is 0.268 e. The molecule has 0 atom stereocenters. The minimum absolute atomic E-state index is 0.0682. The Morgan fingerprint density at radius 3 is 2.43 bits per heavy atom. The van der Waals surface area contributed by atoms with Crippen LogP contribution in [0.25, 0.3) is 0 Å². The highest BCUT2D eigenvalue weighted by Gasteiger charge is 2.23. The lowest BCUT2D eigenvalue weighted by Gasteiger charge is -2.10. The normalized spacial score (nSPS) is 11.4. The lowest BCUT2D eigenvalue weighted by molar-refractivity contribution is 0.0980. The third kappa shape index (κ3) is 4.14. The van der Waals surface area contributed by atoms with Gasteiger partial charge in [0.15, 0.2) is 0 Å². The van der Waals surface area contributed by atoms with Crippen LogP contribution in [-0.4, -0.2) is 24.1 Å². The van der Waals surface area contributed by atoms with Crippen LogP contribution in [0.1, 0.15) is 39.7 Å². The summed E-state index contributed by atoms with van der Waals surface area (Å²) in [6, 6.07) is 14.5. The smallest absolute Gasteiger partial charge is 0.268 e.